The molecular formula is C65H88N12O16S4. The zero-order valence-corrected chi connectivity index (χ0v) is 59.0. The van der Waals surface area contributed by atoms with Crippen molar-refractivity contribution in [2.75, 3.05) is 65.7 Å². The molecule has 9 N–H and O–H groups in total. The Bertz CT molecular complexity index is 4240. The maximum Gasteiger partial charge on any atom is 0.410 e. The number of benzene rings is 4. The van der Waals surface area contributed by atoms with Crippen molar-refractivity contribution in [1.29, 1.82) is 0 Å². The molecule has 4 fully saturated rings. The van der Waals surface area contributed by atoms with Crippen LogP contribution in [-0.2, 0) is 77.4 Å². The Morgan fingerprint density at radius 1 is 0.505 bits per heavy atom. The molecule has 4 saturated heterocycles. The molecule has 8 aliphatic rings. The molecule has 0 bridgehead atoms. The lowest BCUT2D eigenvalue weighted by Crippen LogP contribution is -2.42. The van der Waals surface area contributed by atoms with Crippen LogP contribution in [0.25, 0.3) is 0 Å². The maximum absolute atomic E-state index is 12.4. The summed E-state index contributed by atoms with van der Waals surface area (Å²) < 4.78 is 143. The molecule has 4 aromatic carbocycles. The average molecular weight is 1420 g/mol. The zero-order valence-electron chi connectivity index (χ0n) is 55.7. The number of amides is 2. The standard InChI is InChI=1S/C19H27N3O4S.C18H25N3O5S.C15H19N3O4S.C13H17N3O3S/c1-13(26-19(2,3)4)22-9-8-14(10-22)11-25-16-7-5-6-15-12-27(23,24)21-18(20)17(15)16;1-18(2,3)26-17(22)21-9-5-7-13(21)10-25-14-8-4-6-12-11-27(23,24)20-16(19)15(12)14;1-10(19)18-7-3-5-12(18)8-22-13-6-2-4-11-9-23(20,21)17-15(16)14(11)13;14-13-12-10(8-20(17,18)16-13)2-1-3-11(12)19-7-9-4-5-15-6-9/h5-7,14H,1,8-12H2,2-4H3,(H2,20,21);4,6,8,13H,5,7,9-11H2,1-3H3,(H2,19,20);2,4,6,12H,3,5,7-9H2,1H3,(H2,16,17);1-3,9,15H,4-8H2,(H2,14,16)/t;13-;12-;/m.11./s1. The van der Waals surface area contributed by atoms with Crippen LogP contribution in [0.15, 0.2) is 103 Å². The van der Waals surface area contributed by atoms with Crippen LogP contribution in [0, 0.1) is 11.8 Å². The predicted molar refractivity (Wildman–Crippen MR) is 368 cm³/mol. The van der Waals surface area contributed by atoms with Gasteiger partial charge in [0.1, 0.15) is 70.8 Å². The van der Waals surface area contributed by atoms with E-state index in [1.807, 2.05) is 47.6 Å². The van der Waals surface area contributed by atoms with Crippen molar-refractivity contribution in [3.8, 4) is 23.0 Å². The van der Waals surface area contributed by atoms with Crippen LogP contribution in [0.1, 0.15) is 131 Å². The van der Waals surface area contributed by atoms with Crippen LogP contribution in [0.3, 0.4) is 0 Å². The van der Waals surface area contributed by atoms with Crippen LogP contribution in [-0.4, -0.2) is 173 Å². The van der Waals surface area contributed by atoms with E-state index in [-0.39, 0.29) is 82.6 Å². The van der Waals surface area contributed by atoms with Crippen molar-refractivity contribution in [2.45, 2.75) is 133 Å². The summed E-state index contributed by atoms with van der Waals surface area (Å²) >= 11 is 0. The monoisotopic (exact) mass is 1420 g/mol. The van der Waals surface area contributed by atoms with E-state index in [2.05, 4.69) is 34.4 Å². The summed E-state index contributed by atoms with van der Waals surface area (Å²) in [5.74, 6) is 2.96. The van der Waals surface area contributed by atoms with Gasteiger partial charge >= 0.3 is 6.09 Å². The van der Waals surface area contributed by atoms with Gasteiger partial charge in [-0.25, -0.2) is 38.5 Å². The van der Waals surface area contributed by atoms with E-state index in [0.717, 1.165) is 71.2 Å². The van der Waals surface area contributed by atoms with Crippen molar-refractivity contribution in [1.82, 2.24) is 20.0 Å². The van der Waals surface area contributed by atoms with E-state index in [0.29, 0.717) is 112 Å². The van der Waals surface area contributed by atoms with Gasteiger partial charge in [0.15, 0.2) is 5.88 Å². The molecule has 28 nitrogen and oxygen atoms in total. The van der Waals surface area contributed by atoms with E-state index in [1.54, 1.807) is 83.5 Å². The number of fused-ring (bicyclic) bond motifs is 4. The lowest BCUT2D eigenvalue weighted by atomic mass is 10.1. The number of sulfonamides is 4. The first-order valence-electron chi connectivity index (χ1n) is 31.9. The van der Waals surface area contributed by atoms with Crippen LogP contribution in [0.4, 0.5) is 4.79 Å². The second kappa shape index (κ2) is 29.9. The quantitative estimate of drug-likeness (QED) is 0.103. The number of carbonyl (C=O) groups is 2. The topological polar surface area (TPSA) is 401 Å². The number of nitrogens with two attached hydrogens (primary N) is 4. The normalized spacial score (nSPS) is 22.2. The fourth-order valence-corrected chi connectivity index (χ4v) is 16.7. The molecular weight excluding hydrogens is 1330 g/mol. The molecule has 0 saturated carbocycles. The Balaban J connectivity index is 0.000000152. The summed E-state index contributed by atoms with van der Waals surface area (Å²) in [4.78, 5) is 29.6. The number of nitrogens with zero attached hydrogens (tertiary/aromatic N) is 7. The minimum atomic E-state index is -3.59. The van der Waals surface area contributed by atoms with E-state index in [1.165, 1.54) is 0 Å². The van der Waals surface area contributed by atoms with Crippen LogP contribution < -0.4 is 47.2 Å². The number of ether oxygens (including phenoxy) is 6. The number of amidine groups is 4. The van der Waals surface area contributed by atoms with Crippen LogP contribution in [0.2, 0.25) is 0 Å². The second-order valence-electron chi connectivity index (χ2n) is 26.8. The fraction of sp³-hybridized carbons (Fsp3) is 0.508. The van der Waals surface area contributed by atoms with Gasteiger partial charge in [0.05, 0.1) is 70.6 Å². The summed E-state index contributed by atoms with van der Waals surface area (Å²) in [5, 5.41) is 3.28. The first-order chi connectivity index (χ1) is 45.5. The third-order valence-electron chi connectivity index (χ3n) is 16.6. The second-order valence-corrected chi connectivity index (χ2v) is 33.3. The molecule has 8 heterocycles. The molecule has 32 heteroatoms. The fourth-order valence-electron chi connectivity index (χ4n) is 12.4. The minimum Gasteiger partial charge on any atom is -0.492 e. The average Bonchev–Trinajstić information content (AvgIpc) is 1.36. The minimum absolute atomic E-state index is 0.00754. The number of nitrogens with one attached hydrogen (secondary N) is 1. The van der Waals surface area contributed by atoms with Crippen molar-refractivity contribution < 1.29 is 71.7 Å². The third kappa shape index (κ3) is 19.6. The number of carbonyl (C=O) groups excluding carboxylic acids is 2. The first kappa shape index (κ1) is 73.1. The highest BCUT2D eigenvalue weighted by atomic mass is 32.2. The van der Waals surface area contributed by atoms with Crippen molar-refractivity contribution in [2.24, 2.45) is 52.4 Å². The van der Waals surface area contributed by atoms with E-state index >= 15 is 0 Å². The molecule has 12 rings (SSSR count). The van der Waals surface area contributed by atoms with Crippen molar-refractivity contribution >= 4 is 75.4 Å². The summed E-state index contributed by atoms with van der Waals surface area (Å²) in [7, 11) is -14.2. The summed E-state index contributed by atoms with van der Waals surface area (Å²) in [6.45, 7) is 23.8. The lowest BCUT2D eigenvalue weighted by Gasteiger charge is -2.29. The lowest BCUT2D eigenvalue weighted by molar-refractivity contribution is -0.130. The van der Waals surface area contributed by atoms with Crippen molar-refractivity contribution in [3.63, 3.8) is 0 Å². The molecule has 2 unspecified atom stereocenters. The highest BCUT2D eigenvalue weighted by Gasteiger charge is 2.36. The smallest absolute Gasteiger partial charge is 0.410 e. The summed E-state index contributed by atoms with van der Waals surface area (Å²) in [5.41, 5.74) is 27.2. The van der Waals surface area contributed by atoms with Gasteiger partial charge in [-0.2, -0.15) is 0 Å². The Hall–Kier alpha value is -8.20. The predicted octanol–water partition coefficient (Wildman–Crippen LogP) is 5.08. The molecule has 8 aliphatic heterocycles. The third-order valence-corrected chi connectivity index (χ3v) is 21.2. The molecule has 528 valence electrons. The number of hydrogen-bond donors (Lipinski definition) is 5. The molecule has 2 amide bonds. The summed E-state index contributed by atoms with van der Waals surface area (Å²) in [6, 6.07) is 20.9. The van der Waals surface area contributed by atoms with Crippen molar-refractivity contribution in [3.05, 3.63) is 130 Å². The van der Waals surface area contributed by atoms with E-state index in [9.17, 15) is 43.3 Å². The Morgan fingerprint density at radius 2 is 0.866 bits per heavy atom. The van der Waals surface area contributed by atoms with Gasteiger partial charge in [0.25, 0.3) is 40.1 Å². The summed E-state index contributed by atoms with van der Waals surface area (Å²) in [6.07, 6.45) is 5.26. The van der Waals surface area contributed by atoms with Gasteiger partial charge in [0.2, 0.25) is 5.91 Å². The Kier molecular flexibility index (Phi) is 22.5. The molecule has 0 aromatic heterocycles. The maximum atomic E-state index is 12.4. The van der Waals surface area contributed by atoms with E-state index < -0.39 is 45.7 Å². The molecule has 0 aliphatic carbocycles. The first-order valence-corrected chi connectivity index (χ1v) is 38.4. The molecule has 4 atom stereocenters. The van der Waals surface area contributed by atoms with E-state index in [4.69, 9.17) is 51.4 Å². The SMILES string of the molecule is C=C(OC(C)(C)C)N1CCC(COc2cccc3c2C(N)=NS(=O)(=O)C3)C1.CC(=O)N1CCC[C@@H]1COc1cccc2c1C(N)=NS(=O)(=O)C2.CC(C)(C)OC(=O)N1CCC[C@@H]1COc1cccc2c1C(N)=NS(=O)(=O)C2.NC1=NS(=O)(=O)Cc2cccc(OCC3CCNC3)c21. The highest BCUT2D eigenvalue weighted by molar-refractivity contribution is 7.90. The Labute approximate surface area is 568 Å². The molecule has 4 aromatic rings. The van der Waals surface area contributed by atoms with Gasteiger partial charge in [-0.1, -0.05) is 48.5 Å². The van der Waals surface area contributed by atoms with Gasteiger partial charge < -0.3 is 71.4 Å². The largest absolute Gasteiger partial charge is 0.492 e. The Morgan fingerprint density at radius 3 is 1.23 bits per heavy atom. The molecule has 0 spiro atoms. The number of hydrogen-bond acceptors (Lipinski definition) is 22. The van der Waals surface area contributed by atoms with Gasteiger partial charge in [0, 0.05) is 51.5 Å². The number of rotatable bonds is 14. The van der Waals surface area contributed by atoms with Gasteiger partial charge in [-0.15, -0.1) is 17.6 Å². The van der Waals surface area contributed by atoms with Crippen LogP contribution in [0.5, 0.6) is 23.0 Å². The highest BCUT2D eigenvalue weighted by Crippen LogP contribution is 2.35. The van der Waals surface area contributed by atoms with Crippen LogP contribution >= 0.6 is 0 Å². The van der Waals surface area contributed by atoms with Gasteiger partial charge in [-0.05, 0) is 140 Å². The van der Waals surface area contributed by atoms with Gasteiger partial charge in [-0.3, -0.25) is 4.79 Å². The molecule has 97 heavy (non-hydrogen) atoms. The zero-order chi connectivity index (χ0) is 70.4. The number of likely N-dealkylation sites (tertiary alicyclic amines) is 3. The molecule has 0 radical (unpaired) electrons.